The Morgan fingerprint density at radius 1 is 1.04 bits per heavy atom. The van der Waals surface area contributed by atoms with Gasteiger partial charge in [0.05, 0.1) is 0 Å². The van der Waals surface area contributed by atoms with E-state index in [2.05, 4.69) is 13.8 Å². The summed E-state index contributed by atoms with van der Waals surface area (Å²) in [5.74, 6) is 3.26. The summed E-state index contributed by atoms with van der Waals surface area (Å²) < 4.78 is 5.54. The van der Waals surface area contributed by atoms with E-state index in [-0.39, 0.29) is 17.5 Å². The molecule has 0 aromatic heterocycles. The topological polar surface area (TPSA) is 43.4 Å². The predicted molar refractivity (Wildman–Crippen MR) is 92.3 cm³/mol. The van der Waals surface area contributed by atoms with Crippen molar-refractivity contribution in [3.05, 3.63) is 0 Å². The van der Waals surface area contributed by atoms with Gasteiger partial charge in [0.25, 0.3) is 0 Å². The van der Waals surface area contributed by atoms with Gasteiger partial charge >= 0.3 is 5.97 Å². The van der Waals surface area contributed by atoms with Crippen LogP contribution in [0.25, 0.3) is 0 Å². The van der Waals surface area contributed by atoms with Crippen molar-refractivity contribution in [1.29, 1.82) is 0 Å². The van der Waals surface area contributed by atoms with Crippen LogP contribution in [0, 0.1) is 34.5 Å². The molecule has 0 aromatic carbocycles. The van der Waals surface area contributed by atoms with Gasteiger partial charge in [-0.2, -0.15) is 0 Å². The fourth-order valence-corrected chi connectivity index (χ4v) is 7.33. The number of ketones is 1. The molecule has 3 heteroatoms. The Kier molecular flexibility index (Phi) is 3.85. The van der Waals surface area contributed by atoms with Gasteiger partial charge in [0, 0.05) is 18.8 Å². The largest absolute Gasteiger partial charge is 0.463 e. The molecule has 0 radical (unpaired) electrons. The van der Waals surface area contributed by atoms with E-state index in [1.807, 2.05) is 0 Å². The average molecular weight is 332 g/mol. The van der Waals surface area contributed by atoms with Crippen molar-refractivity contribution in [2.24, 2.45) is 34.5 Å². The normalized spacial score (nSPS) is 50.6. The van der Waals surface area contributed by atoms with Gasteiger partial charge < -0.3 is 4.74 Å². The van der Waals surface area contributed by atoms with Gasteiger partial charge in [-0.1, -0.05) is 13.8 Å². The van der Waals surface area contributed by atoms with E-state index in [0.29, 0.717) is 23.0 Å². The first-order chi connectivity index (χ1) is 11.3. The number of carbonyl (C=O) groups excluding carboxylic acids is 2. The minimum atomic E-state index is -0.129. The van der Waals surface area contributed by atoms with Crippen LogP contribution in [0.5, 0.6) is 0 Å². The van der Waals surface area contributed by atoms with Crippen LogP contribution >= 0.6 is 0 Å². The molecule has 4 rings (SSSR count). The molecule has 0 bridgehead atoms. The second-order valence-electron chi connectivity index (χ2n) is 9.58. The molecular formula is C21H32O3. The molecule has 7 atom stereocenters. The van der Waals surface area contributed by atoms with Crippen LogP contribution in [-0.2, 0) is 14.3 Å². The summed E-state index contributed by atoms with van der Waals surface area (Å²) in [5.41, 5.74) is 0.381. The second-order valence-corrected chi connectivity index (χ2v) is 9.58. The Hall–Kier alpha value is -0.860. The lowest BCUT2D eigenvalue weighted by Crippen LogP contribution is -2.54. The van der Waals surface area contributed by atoms with Gasteiger partial charge in [-0.15, -0.1) is 0 Å². The number of esters is 1. The molecule has 24 heavy (non-hydrogen) atoms. The second kappa shape index (κ2) is 5.57. The van der Waals surface area contributed by atoms with Crippen LogP contribution in [0.3, 0.4) is 0 Å². The minimum absolute atomic E-state index is 0.0146. The zero-order valence-corrected chi connectivity index (χ0v) is 15.5. The Labute approximate surface area is 145 Å². The van der Waals surface area contributed by atoms with E-state index in [9.17, 15) is 9.59 Å². The van der Waals surface area contributed by atoms with Crippen LogP contribution in [0.15, 0.2) is 0 Å². The highest BCUT2D eigenvalue weighted by molar-refractivity contribution is 5.87. The van der Waals surface area contributed by atoms with E-state index in [1.54, 1.807) is 0 Å². The number of ether oxygens (including phenoxy) is 1. The molecular weight excluding hydrogens is 300 g/mol. The molecule has 0 aliphatic heterocycles. The molecule has 0 spiro atoms. The molecule has 0 N–H and O–H groups in total. The zero-order chi connectivity index (χ0) is 17.1. The molecule has 0 heterocycles. The molecule has 4 aliphatic carbocycles. The first kappa shape index (κ1) is 16.6. The van der Waals surface area contributed by atoms with Gasteiger partial charge in [0.2, 0.25) is 0 Å². The third kappa shape index (κ3) is 2.29. The van der Waals surface area contributed by atoms with Crippen molar-refractivity contribution >= 4 is 11.8 Å². The van der Waals surface area contributed by atoms with E-state index < -0.39 is 0 Å². The summed E-state index contributed by atoms with van der Waals surface area (Å²) in [7, 11) is 0. The molecule has 0 aromatic rings. The Morgan fingerprint density at radius 3 is 2.58 bits per heavy atom. The van der Waals surface area contributed by atoms with E-state index in [4.69, 9.17) is 4.74 Å². The summed E-state index contributed by atoms with van der Waals surface area (Å²) in [6.07, 6.45) is 10.2. The minimum Gasteiger partial charge on any atom is -0.463 e. The van der Waals surface area contributed by atoms with Crippen molar-refractivity contribution < 1.29 is 14.3 Å². The van der Waals surface area contributed by atoms with E-state index >= 15 is 0 Å². The van der Waals surface area contributed by atoms with Crippen LogP contribution in [0.2, 0.25) is 0 Å². The highest BCUT2D eigenvalue weighted by atomic mass is 16.5. The van der Waals surface area contributed by atoms with Crippen LogP contribution < -0.4 is 0 Å². The van der Waals surface area contributed by atoms with Gasteiger partial charge in [-0.3, -0.25) is 9.59 Å². The molecule has 0 amide bonds. The summed E-state index contributed by atoms with van der Waals surface area (Å²) >= 11 is 0. The molecule has 4 aliphatic rings. The van der Waals surface area contributed by atoms with Crippen LogP contribution in [-0.4, -0.2) is 17.9 Å². The summed E-state index contributed by atoms with van der Waals surface area (Å²) in [6.45, 7) is 6.30. The Balaban J connectivity index is 1.54. The lowest BCUT2D eigenvalue weighted by molar-refractivity contribution is -0.160. The van der Waals surface area contributed by atoms with Crippen LogP contribution in [0.4, 0.5) is 0 Å². The van der Waals surface area contributed by atoms with E-state index in [0.717, 1.165) is 43.9 Å². The maximum Gasteiger partial charge on any atom is 0.302 e. The van der Waals surface area contributed by atoms with Gasteiger partial charge in [0.15, 0.2) is 0 Å². The first-order valence-electron chi connectivity index (χ1n) is 10.0. The van der Waals surface area contributed by atoms with Gasteiger partial charge in [0.1, 0.15) is 11.9 Å². The first-order valence-corrected chi connectivity index (χ1v) is 10.0. The highest BCUT2D eigenvalue weighted by Crippen LogP contribution is 2.65. The SMILES string of the molecule is CC(=O)O[C@H]1CC[C@@]2(C)[C@@H](CCC3[C@@H]2CC[C@]2(C)C(=O)CC[C@@H]32)C1. The molecule has 134 valence electrons. The number of Topliss-reactive ketones (excluding diaryl/α,β-unsaturated/α-hetero) is 1. The maximum absolute atomic E-state index is 12.5. The van der Waals surface area contributed by atoms with Crippen molar-refractivity contribution in [2.45, 2.75) is 84.7 Å². The van der Waals surface area contributed by atoms with Gasteiger partial charge in [-0.05, 0) is 80.5 Å². The molecule has 3 nitrogen and oxygen atoms in total. The fraction of sp³-hybridized carbons (Fsp3) is 0.905. The predicted octanol–water partition coefficient (Wildman–Crippen LogP) is 4.53. The number of hydrogen-bond donors (Lipinski definition) is 0. The standard InChI is InChI=1S/C21H32O3/c1-13(22)24-15-8-10-20(2)14(12-15)4-5-16-17-6-7-19(23)21(17,3)11-9-18(16)20/h14-18H,4-12H2,1-3H3/t14-,15-,16?,17-,18-,20-,21-/m0/s1. The lowest BCUT2D eigenvalue weighted by atomic mass is 9.45. The highest BCUT2D eigenvalue weighted by Gasteiger charge is 2.60. The molecule has 4 fully saturated rings. The third-order valence-corrected chi connectivity index (χ3v) is 8.66. The monoisotopic (exact) mass is 332 g/mol. The van der Waals surface area contributed by atoms with Crippen molar-refractivity contribution in [1.82, 2.24) is 0 Å². The average Bonchev–Trinajstić information content (AvgIpc) is 2.83. The number of carbonyl (C=O) groups is 2. The molecule has 0 saturated heterocycles. The lowest BCUT2D eigenvalue weighted by Gasteiger charge is -2.60. The Morgan fingerprint density at radius 2 is 1.83 bits per heavy atom. The third-order valence-electron chi connectivity index (χ3n) is 8.66. The summed E-state index contributed by atoms with van der Waals surface area (Å²) in [5, 5.41) is 0. The number of hydrogen-bond acceptors (Lipinski definition) is 3. The van der Waals surface area contributed by atoms with Crippen LogP contribution in [0.1, 0.15) is 78.6 Å². The van der Waals surface area contributed by atoms with E-state index in [1.165, 1.54) is 32.6 Å². The van der Waals surface area contributed by atoms with Crippen molar-refractivity contribution in [3.8, 4) is 0 Å². The summed E-state index contributed by atoms with van der Waals surface area (Å²) in [4.78, 5) is 23.8. The van der Waals surface area contributed by atoms with Crippen molar-refractivity contribution in [3.63, 3.8) is 0 Å². The number of rotatable bonds is 1. The van der Waals surface area contributed by atoms with Crippen molar-refractivity contribution in [2.75, 3.05) is 0 Å². The smallest absolute Gasteiger partial charge is 0.302 e. The van der Waals surface area contributed by atoms with Gasteiger partial charge in [-0.25, -0.2) is 0 Å². The quantitative estimate of drug-likeness (QED) is 0.663. The molecule has 1 unspecified atom stereocenters. The Bertz CT molecular complexity index is 555. The summed E-state index contributed by atoms with van der Waals surface area (Å²) in [6, 6.07) is 0. The maximum atomic E-state index is 12.5. The fourth-order valence-electron chi connectivity index (χ4n) is 7.33. The molecule has 4 saturated carbocycles. The zero-order valence-electron chi connectivity index (χ0n) is 15.5. The number of fused-ring (bicyclic) bond motifs is 5.